The Morgan fingerprint density at radius 3 is 2.71 bits per heavy atom. The average Bonchev–Trinajstić information content (AvgIpc) is 2.32. The van der Waals surface area contributed by atoms with Gasteiger partial charge in [0.1, 0.15) is 11.9 Å². The fraction of sp³-hybridized carbons (Fsp3) is 0. The van der Waals surface area contributed by atoms with Crippen LogP contribution in [0.3, 0.4) is 0 Å². The van der Waals surface area contributed by atoms with Crippen LogP contribution in [0.1, 0.15) is 0 Å². The molecular formula is C11H7BrN2O3. The summed E-state index contributed by atoms with van der Waals surface area (Å²) in [5.41, 5.74) is -0.164. The number of nitrogens with zero attached hydrogens (tertiary/aromatic N) is 2. The fourth-order valence-corrected chi connectivity index (χ4v) is 1.61. The van der Waals surface area contributed by atoms with Gasteiger partial charge in [-0.15, -0.1) is 0 Å². The van der Waals surface area contributed by atoms with Gasteiger partial charge in [-0.3, -0.25) is 15.1 Å². The van der Waals surface area contributed by atoms with E-state index < -0.39 is 4.92 Å². The lowest BCUT2D eigenvalue weighted by Crippen LogP contribution is -1.94. The number of pyridine rings is 1. The van der Waals surface area contributed by atoms with Crippen molar-refractivity contribution < 1.29 is 9.66 Å². The van der Waals surface area contributed by atoms with E-state index in [9.17, 15) is 10.1 Å². The molecule has 0 radical (unpaired) electrons. The lowest BCUT2D eigenvalue weighted by molar-refractivity contribution is -0.386. The van der Waals surface area contributed by atoms with Crippen molar-refractivity contribution in [2.75, 3.05) is 0 Å². The van der Waals surface area contributed by atoms with Gasteiger partial charge < -0.3 is 4.74 Å². The molecule has 0 bridgehead atoms. The van der Waals surface area contributed by atoms with Gasteiger partial charge in [0.25, 0.3) is 0 Å². The van der Waals surface area contributed by atoms with E-state index in [1.165, 1.54) is 12.3 Å². The predicted octanol–water partition coefficient (Wildman–Crippen LogP) is 3.54. The van der Waals surface area contributed by atoms with Gasteiger partial charge in [-0.05, 0) is 28.1 Å². The molecule has 1 heterocycles. The van der Waals surface area contributed by atoms with Crippen LogP contribution in [-0.2, 0) is 0 Å². The summed E-state index contributed by atoms with van der Waals surface area (Å²) in [6.45, 7) is 0. The highest BCUT2D eigenvalue weighted by atomic mass is 79.9. The zero-order valence-electron chi connectivity index (χ0n) is 8.54. The molecule has 2 rings (SSSR count). The number of rotatable bonds is 3. The lowest BCUT2D eigenvalue weighted by atomic mass is 10.3. The highest BCUT2D eigenvalue weighted by Gasteiger charge is 2.16. The highest BCUT2D eigenvalue weighted by molar-refractivity contribution is 9.10. The van der Waals surface area contributed by atoms with Crippen LogP contribution in [0.25, 0.3) is 0 Å². The van der Waals surface area contributed by atoms with Crippen LogP contribution >= 0.6 is 15.9 Å². The Labute approximate surface area is 105 Å². The summed E-state index contributed by atoms with van der Waals surface area (Å²) >= 11 is 3.30. The van der Waals surface area contributed by atoms with Gasteiger partial charge in [0.2, 0.25) is 5.75 Å². The number of ether oxygens (including phenoxy) is 1. The first-order valence-corrected chi connectivity index (χ1v) is 5.48. The Kier molecular flexibility index (Phi) is 3.34. The molecule has 1 aromatic heterocycles. The monoisotopic (exact) mass is 294 g/mol. The third kappa shape index (κ3) is 2.59. The second kappa shape index (κ2) is 4.92. The predicted molar refractivity (Wildman–Crippen MR) is 65.1 cm³/mol. The van der Waals surface area contributed by atoms with Gasteiger partial charge >= 0.3 is 5.69 Å². The molecule has 0 saturated heterocycles. The van der Waals surface area contributed by atoms with Gasteiger partial charge in [-0.1, -0.05) is 12.1 Å². The topological polar surface area (TPSA) is 65.3 Å². The number of para-hydroxylation sites is 1. The first-order chi connectivity index (χ1) is 8.18. The van der Waals surface area contributed by atoms with E-state index in [0.29, 0.717) is 5.75 Å². The molecule has 0 unspecified atom stereocenters. The maximum atomic E-state index is 10.8. The van der Waals surface area contributed by atoms with E-state index in [-0.39, 0.29) is 11.4 Å². The van der Waals surface area contributed by atoms with E-state index >= 15 is 0 Å². The summed E-state index contributed by atoms with van der Waals surface area (Å²) in [5, 5.41) is 10.8. The summed E-state index contributed by atoms with van der Waals surface area (Å²) in [7, 11) is 0. The zero-order valence-corrected chi connectivity index (χ0v) is 10.1. The van der Waals surface area contributed by atoms with Crippen LogP contribution in [0.5, 0.6) is 11.5 Å². The smallest absolute Gasteiger partial charge is 0.329 e. The van der Waals surface area contributed by atoms with E-state index in [1.54, 1.807) is 18.2 Å². The molecule has 0 atom stereocenters. The van der Waals surface area contributed by atoms with Crippen LogP contribution in [0, 0.1) is 10.1 Å². The summed E-state index contributed by atoms with van der Waals surface area (Å²) in [6, 6.07) is 8.58. The maximum absolute atomic E-state index is 10.8. The minimum absolute atomic E-state index is 0.164. The summed E-state index contributed by atoms with van der Waals surface area (Å²) in [6.07, 6.45) is 2.60. The van der Waals surface area contributed by atoms with Gasteiger partial charge in [0.05, 0.1) is 9.40 Å². The molecule has 0 aliphatic rings. The molecule has 0 saturated carbocycles. The van der Waals surface area contributed by atoms with Crippen LogP contribution in [-0.4, -0.2) is 9.91 Å². The highest BCUT2D eigenvalue weighted by Crippen LogP contribution is 2.33. The molecule has 5 nitrogen and oxygen atoms in total. The van der Waals surface area contributed by atoms with E-state index in [2.05, 4.69) is 20.9 Å². The average molecular weight is 295 g/mol. The van der Waals surface area contributed by atoms with Crippen molar-refractivity contribution in [2.45, 2.75) is 0 Å². The quantitative estimate of drug-likeness (QED) is 0.641. The van der Waals surface area contributed by atoms with Crippen LogP contribution in [0.2, 0.25) is 0 Å². The minimum Gasteiger partial charge on any atom is -0.449 e. The molecule has 0 spiro atoms. The standard InChI is InChI=1S/C11H7BrN2O3/c12-8-3-1-2-4-10(8)17-11-5-6-13-7-9(11)14(15)16/h1-7H. The molecule has 17 heavy (non-hydrogen) atoms. The maximum Gasteiger partial charge on any atom is 0.329 e. The molecule has 0 fully saturated rings. The first-order valence-electron chi connectivity index (χ1n) is 4.69. The molecule has 0 N–H and O–H groups in total. The van der Waals surface area contributed by atoms with E-state index in [1.807, 2.05) is 6.07 Å². The van der Waals surface area contributed by atoms with Gasteiger partial charge in [0.15, 0.2) is 0 Å². The van der Waals surface area contributed by atoms with Crippen LogP contribution < -0.4 is 4.74 Å². The van der Waals surface area contributed by atoms with Crippen molar-refractivity contribution in [2.24, 2.45) is 0 Å². The molecule has 6 heteroatoms. The largest absolute Gasteiger partial charge is 0.449 e. The molecule has 0 amide bonds. The molecule has 1 aromatic carbocycles. The Bertz CT molecular complexity index is 560. The third-order valence-corrected chi connectivity index (χ3v) is 2.67. The zero-order chi connectivity index (χ0) is 12.3. The molecular weight excluding hydrogens is 288 g/mol. The lowest BCUT2D eigenvalue weighted by Gasteiger charge is -2.06. The number of halogens is 1. The molecule has 0 aliphatic heterocycles. The van der Waals surface area contributed by atoms with Crippen molar-refractivity contribution in [1.29, 1.82) is 0 Å². The number of benzene rings is 1. The second-order valence-corrected chi connectivity index (χ2v) is 3.99. The third-order valence-electron chi connectivity index (χ3n) is 2.01. The summed E-state index contributed by atoms with van der Waals surface area (Å²) in [5.74, 6) is 0.679. The van der Waals surface area contributed by atoms with Crippen LogP contribution in [0.15, 0.2) is 47.2 Å². The van der Waals surface area contributed by atoms with Crippen molar-refractivity contribution in [1.82, 2.24) is 4.98 Å². The van der Waals surface area contributed by atoms with Gasteiger partial charge in [-0.2, -0.15) is 0 Å². The minimum atomic E-state index is -0.529. The molecule has 0 aliphatic carbocycles. The number of nitro groups is 1. The van der Waals surface area contributed by atoms with Crippen molar-refractivity contribution in [3.63, 3.8) is 0 Å². The summed E-state index contributed by atoms with van der Waals surface area (Å²) < 4.78 is 6.20. The van der Waals surface area contributed by atoms with Gasteiger partial charge in [-0.25, -0.2) is 0 Å². The SMILES string of the molecule is O=[N+]([O-])c1cnccc1Oc1ccccc1Br. The van der Waals surface area contributed by atoms with E-state index in [0.717, 1.165) is 10.7 Å². The normalized spacial score (nSPS) is 9.94. The van der Waals surface area contributed by atoms with Crippen LogP contribution in [0.4, 0.5) is 5.69 Å². The number of aromatic nitrogens is 1. The second-order valence-electron chi connectivity index (χ2n) is 3.13. The Hall–Kier alpha value is -1.95. The Morgan fingerprint density at radius 1 is 1.24 bits per heavy atom. The number of hydrogen-bond donors (Lipinski definition) is 0. The van der Waals surface area contributed by atoms with E-state index in [4.69, 9.17) is 4.74 Å². The number of hydrogen-bond acceptors (Lipinski definition) is 4. The van der Waals surface area contributed by atoms with Crippen molar-refractivity contribution in [3.8, 4) is 11.5 Å². The molecule has 2 aromatic rings. The summed E-state index contributed by atoms with van der Waals surface area (Å²) in [4.78, 5) is 13.9. The fourth-order valence-electron chi connectivity index (χ4n) is 1.24. The van der Waals surface area contributed by atoms with Gasteiger partial charge in [0, 0.05) is 12.3 Å². The Morgan fingerprint density at radius 2 is 2.00 bits per heavy atom. The molecule has 86 valence electrons. The van der Waals surface area contributed by atoms with Crippen molar-refractivity contribution in [3.05, 3.63) is 57.3 Å². The first kappa shape index (κ1) is 11.5. The Balaban J connectivity index is 2.37. The van der Waals surface area contributed by atoms with Crippen molar-refractivity contribution >= 4 is 21.6 Å².